The van der Waals surface area contributed by atoms with Crippen molar-refractivity contribution in [2.24, 2.45) is 16.3 Å². The van der Waals surface area contributed by atoms with Gasteiger partial charge < -0.3 is 15.8 Å². The van der Waals surface area contributed by atoms with E-state index in [1.807, 2.05) is 20.9 Å². The van der Waals surface area contributed by atoms with E-state index >= 15 is 0 Å². The molecule has 0 saturated heterocycles. The van der Waals surface area contributed by atoms with Crippen LogP contribution in [0.5, 0.6) is 0 Å². The molecule has 104 valence electrons. The second-order valence-corrected chi connectivity index (χ2v) is 5.13. The highest BCUT2D eigenvalue weighted by atomic mass is 16.4. The van der Waals surface area contributed by atoms with Crippen molar-refractivity contribution in [1.29, 1.82) is 0 Å². The molecule has 1 aliphatic carbocycles. The van der Waals surface area contributed by atoms with E-state index in [1.54, 1.807) is 4.90 Å². The van der Waals surface area contributed by atoms with Crippen LogP contribution in [0.1, 0.15) is 52.4 Å². The maximum absolute atomic E-state index is 12.7. The molecule has 0 bridgehead atoms. The number of nitrogens with two attached hydrogens (primary N) is 1. The Labute approximate surface area is 109 Å². The molecule has 18 heavy (non-hydrogen) atoms. The first-order valence-electron chi connectivity index (χ1n) is 6.78. The van der Waals surface area contributed by atoms with Crippen LogP contribution in [-0.4, -0.2) is 34.9 Å². The molecule has 1 aliphatic rings. The van der Waals surface area contributed by atoms with E-state index in [2.05, 4.69) is 5.16 Å². The van der Waals surface area contributed by atoms with Gasteiger partial charge in [-0.25, -0.2) is 0 Å². The van der Waals surface area contributed by atoms with E-state index < -0.39 is 5.41 Å². The minimum atomic E-state index is -0.855. The van der Waals surface area contributed by atoms with Crippen LogP contribution in [-0.2, 0) is 4.79 Å². The van der Waals surface area contributed by atoms with Gasteiger partial charge in [-0.2, -0.15) is 0 Å². The van der Waals surface area contributed by atoms with Crippen LogP contribution in [0.25, 0.3) is 0 Å². The number of carbonyl (C=O) groups excluding carboxylic acids is 1. The number of rotatable bonds is 5. The maximum atomic E-state index is 12.7. The lowest BCUT2D eigenvalue weighted by Gasteiger charge is -2.36. The highest BCUT2D eigenvalue weighted by Gasteiger charge is 2.43. The fourth-order valence-electron chi connectivity index (χ4n) is 2.91. The predicted molar refractivity (Wildman–Crippen MR) is 71.4 cm³/mol. The molecular formula is C13H25N3O2. The lowest BCUT2D eigenvalue weighted by Crippen LogP contribution is -2.52. The summed E-state index contributed by atoms with van der Waals surface area (Å²) in [7, 11) is 1.84. The normalized spacial score (nSPS) is 18.1. The summed E-state index contributed by atoms with van der Waals surface area (Å²) < 4.78 is 0. The van der Waals surface area contributed by atoms with Crippen molar-refractivity contribution in [3.05, 3.63) is 0 Å². The molecule has 1 rings (SSSR count). The summed E-state index contributed by atoms with van der Waals surface area (Å²) in [6.07, 6.45) is 5.57. The van der Waals surface area contributed by atoms with Gasteiger partial charge in [-0.3, -0.25) is 4.79 Å². The van der Waals surface area contributed by atoms with Crippen molar-refractivity contribution < 1.29 is 10.0 Å². The molecular weight excluding hydrogens is 230 g/mol. The van der Waals surface area contributed by atoms with Crippen LogP contribution >= 0.6 is 0 Å². The standard InChI is InChI=1S/C13H25N3O2/c1-4-13(5-2,11(14)15-18)12(17)16(3)10-8-6-7-9-10/h10,18H,4-9H2,1-3H3,(H2,14,15). The van der Waals surface area contributed by atoms with E-state index in [4.69, 9.17) is 10.9 Å². The summed E-state index contributed by atoms with van der Waals surface area (Å²) in [5.41, 5.74) is 4.91. The van der Waals surface area contributed by atoms with Crippen molar-refractivity contribution in [2.45, 2.75) is 58.4 Å². The molecule has 1 fully saturated rings. The zero-order chi connectivity index (χ0) is 13.8. The molecule has 0 unspecified atom stereocenters. The molecule has 0 aromatic rings. The predicted octanol–water partition coefficient (Wildman–Crippen LogP) is 1.94. The molecule has 0 heterocycles. The van der Waals surface area contributed by atoms with Crippen molar-refractivity contribution in [3.63, 3.8) is 0 Å². The minimum absolute atomic E-state index is 0.0188. The largest absolute Gasteiger partial charge is 0.409 e. The summed E-state index contributed by atoms with van der Waals surface area (Å²) in [6.45, 7) is 3.81. The Balaban J connectivity index is 2.95. The Morgan fingerprint density at radius 1 is 1.39 bits per heavy atom. The van der Waals surface area contributed by atoms with E-state index in [0.29, 0.717) is 18.9 Å². The monoisotopic (exact) mass is 255 g/mol. The molecule has 0 atom stereocenters. The Kier molecular flexibility index (Phi) is 4.99. The number of nitrogens with zero attached hydrogens (tertiary/aromatic N) is 2. The van der Waals surface area contributed by atoms with Gasteiger partial charge in [0.2, 0.25) is 5.91 Å². The maximum Gasteiger partial charge on any atom is 0.236 e. The molecule has 0 aromatic heterocycles. The van der Waals surface area contributed by atoms with E-state index in [9.17, 15) is 4.79 Å². The molecule has 5 nitrogen and oxygen atoms in total. The Morgan fingerprint density at radius 3 is 2.28 bits per heavy atom. The zero-order valence-corrected chi connectivity index (χ0v) is 11.6. The summed E-state index contributed by atoms with van der Waals surface area (Å²) >= 11 is 0. The molecule has 0 aromatic carbocycles. The van der Waals surface area contributed by atoms with Gasteiger partial charge in [0.15, 0.2) is 5.84 Å². The van der Waals surface area contributed by atoms with Crippen molar-refractivity contribution in [2.75, 3.05) is 7.05 Å². The quantitative estimate of drug-likeness (QED) is 0.341. The van der Waals surface area contributed by atoms with Gasteiger partial charge in [0, 0.05) is 13.1 Å². The first-order valence-corrected chi connectivity index (χ1v) is 6.78. The minimum Gasteiger partial charge on any atom is -0.409 e. The van der Waals surface area contributed by atoms with Crippen molar-refractivity contribution in [1.82, 2.24) is 4.90 Å². The SMILES string of the molecule is CCC(CC)(C(=O)N(C)C1CCCC1)C(N)=NO. The Morgan fingerprint density at radius 2 is 1.89 bits per heavy atom. The van der Waals surface area contributed by atoms with Crippen LogP contribution in [0.2, 0.25) is 0 Å². The van der Waals surface area contributed by atoms with Crippen molar-refractivity contribution >= 4 is 11.7 Å². The first-order chi connectivity index (χ1) is 8.53. The van der Waals surface area contributed by atoms with Gasteiger partial charge in [0.1, 0.15) is 5.41 Å². The van der Waals surface area contributed by atoms with E-state index in [-0.39, 0.29) is 11.7 Å². The van der Waals surface area contributed by atoms with Gasteiger partial charge in [-0.15, -0.1) is 0 Å². The molecule has 0 aliphatic heterocycles. The average molecular weight is 255 g/mol. The third-order valence-electron chi connectivity index (χ3n) is 4.41. The highest BCUT2D eigenvalue weighted by molar-refractivity contribution is 6.06. The molecule has 1 amide bonds. The third-order valence-corrected chi connectivity index (χ3v) is 4.41. The number of hydrogen-bond acceptors (Lipinski definition) is 3. The first kappa shape index (κ1) is 14.8. The number of hydrogen-bond donors (Lipinski definition) is 2. The average Bonchev–Trinajstić information content (AvgIpc) is 2.93. The van der Waals surface area contributed by atoms with Crippen LogP contribution in [0, 0.1) is 5.41 Å². The summed E-state index contributed by atoms with van der Waals surface area (Å²) in [5.74, 6) is 0.0112. The van der Waals surface area contributed by atoms with E-state index in [0.717, 1.165) is 12.8 Å². The van der Waals surface area contributed by atoms with Crippen molar-refractivity contribution in [3.8, 4) is 0 Å². The lowest BCUT2D eigenvalue weighted by atomic mass is 9.79. The summed E-state index contributed by atoms with van der Waals surface area (Å²) in [6, 6.07) is 0.307. The van der Waals surface area contributed by atoms with Gasteiger partial charge in [0.25, 0.3) is 0 Å². The number of oxime groups is 1. The smallest absolute Gasteiger partial charge is 0.236 e. The molecule has 0 radical (unpaired) electrons. The second-order valence-electron chi connectivity index (χ2n) is 5.13. The van der Waals surface area contributed by atoms with Gasteiger partial charge in [0.05, 0.1) is 0 Å². The fourth-order valence-corrected chi connectivity index (χ4v) is 2.91. The molecule has 5 heteroatoms. The topological polar surface area (TPSA) is 78.9 Å². The van der Waals surface area contributed by atoms with Gasteiger partial charge in [-0.05, 0) is 25.7 Å². The molecule has 1 saturated carbocycles. The van der Waals surface area contributed by atoms with Crippen LogP contribution in [0.15, 0.2) is 5.16 Å². The number of amides is 1. The Hall–Kier alpha value is -1.26. The highest BCUT2D eigenvalue weighted by Crippen LogP contribution is 2.32. The van der Waals surface area contributed by atoms with Crippen LogP contribution in [0.4, 0.5) is 0 Å². The fraction of sp³-hybridized carbons (Fsp3) is 0.846. The zero-order valence-electron chi connectivity index (χ0n) is 11.6. The van der Waals surface area contributed by atoms with E-state index in [1.165, 1.54) is 12.8 Å². The number of carbonyl (C=O) groups is 1. The van der Waals surface area contributed by atoms with Gasteiger partial charge >= 0.3 is 0 Å². The molecule has 3 N–H and O–H groups in total. The second kappa shape index (κ2) is 6.07. The number of amidine groups is 1. The molecule has 0 spiro atoms. The Bertz CT molecular complexity index is 318. The summed E-state index contributed by atoms with van der Waals surface area (Å²) in [4.78, 5) is 14.5. The van der Waals surface area contributed by atoms with Crippen LogP contribution < -0.4 is 5.73 Å². The van der Waals surface area contributed by atoms with Crippen LogP contribution in [0.3, 0.4) is 0 Å². The lowest BCUT2D eigenvalue weighted by molar-refractivity contribution is -0.139. The summed E-state index contributed by atoms with van der Waals surface area (Å²) in [5, 5.41) is 12.0. The van der Waals surface area contributed by atoms with Gasteiger partial charge in [-0.1, -0.05) is 31.8 Å². The third kappa shape index (κ3) is 2.44.